The summed E-state index contributed by atoms with van der Waals surface area (Å²) in [4.78, 5) is 0. The molecule has 0 aliphatic carbocycles. The highest BCUT2D eigenvalue weighted by Gasteiger charge is 2.12. The van der Waals surface area contributed by atoms with Gasteiger partial charge in [0.2, 0.25) is 0 Å². The maximum Gasteiger partial charge on any atom is 0.119 e. The van der Waals surface area contributed by atoms with Crippen LogP contribution in [0.4, 0.5) is 0 Å². The highest BCUT2D eigenvalue weighted by molar-refractivity contribution is 4.73. The zero-order valence-corrected chi connectivity index (χ0v) is 6.81. The number of rotatable bonds is 3. The van der Waals surface area contributed by atoms with Crippen molar-refractivity contribution in [3.63, 3.8) is 0 Å². The third-order valence-electron chi connectivity index (χ3n) is 1.78. The molecule has 1 rings (SSSR count). The van der Waals surface area contributed by atoms with Gasteiger partial charge in [-0.1, -0.05) is 13.8 Å². The first-order valence-electron chi connectivity index (χ1n) is 3.70. The molecule has 0 bridgehead atoms. The first-order chi connectivity index (χ1) is 5.25. The zero-order valence-electron chi connectivity index (χ0n) is 6.81. The molecule has 1 N–H and O–H groups in total. The fourth-order valence-electron chi connectivity index (χ4n) is 1.03. The fraction of sp³-hybridized carbons (Fsp3) is 0.714. The van der Waals surface area contributed by atoms with E-state index >= 15 is 0 Å². The highest BCUT2D eigenvalue weighted by Crippen LogP contribution is 2.14. The third-order valence-corrected chi connectivity index (χ3v) is 1.78. The van der Waals surface area contributed by atoms with Gasteiger partial charge in [-0.05, 0) is 5.92 Å². The maximum atomic E-state index is 8.99. The molecule has 0 amide bonds. The minimum absolute atomic E-state index is 0.102. The van der Waals surface area contributed by atoms with E-state index in [4.69, 9.17) is 5.11 Å². The molecule has 0 spiro atoms. The van der Waals surface area contributed by atoms with Crippen LogP contribution in [0.3, 0.4) is 0 Å². The van der Waals surface area contributed by atoms with Crippen LogP contribution in [0.15, 0.2) is 12.7 Å². The Labute approximate surface area is 65.9 Å². The molecule has 62 valence electrons. The third kappa shape index (κ3) is 1.77. The van der Waals surface area contributed by atoms with Gasteiger partial charge in [-0.15, -0.1) is 10.2 Å². The van der Waals surface area contributed by atoms with E-state index in [1.807, 2.05) is 4.57 Å². The van der Waals surface area contributed by atoms with Gasteiger partial charge in [0.05, 0.1) is 12.6 Å². The topological polar surface area (TPSA) is 50.9 Å². The van der Waals surface area contributed by atoms with Crippen LogP contribution in [0.1, 0.15) is 19.9 Å². The lowest BCUT2D eigenvalue weighted by molar-refractivity contribution is 0.192. The predicted octanol–water partition coefficient (Wildman–Crippen LogP) is 0.467. The van der Waals surface area contributed by atoms with Crippen LogP contribution < -0.4 is 0 Å². The van der Waals surface area contributed by atoms with E-state index in [9.17, 15) is 0 Å². The number of aromatic nitrogens is 3. The van der Waals surface area contributed by atoms with Crippen molar-refractivity contribution in [2.75, 3.05) is 6.61 Å². The average Bonchev–Trinajstić information content (AvgIpc) is 2.40. The lowest BCUT2D eigenvalue weighted by atomic mass is 10.1. The molecule has 1 atom stereocenters. The SMILES string of the molecule is CC(C)[C@H](CO)n1cnnc1. The van der Waals surface area contributed by atoms with Gasteiger partial charge in [-0.3, -0.25) is 0 Å². The Hall–Kier alpha value is -0.900. The summed E-state index contributed by atoms with van der Waals surface area (Å²) >= 11 is 0. The Morgan fingerprint density at radius 3 is 2.27 bits per heavy atom. The Balaban J connectivity index is 2.71. The number of hydrogen-bond donors (Lipinski definition) is 1. The molecular weight excluding hydrogens is 142 g/mol. The summed E-state index contributed by atoms with van der Waals surface area (Å²) in [5.74, 6) is 0.399. The number of hydrogen-bond acceptors (Lipinski definition) is 3. The largest absolute Gasteiger partial charge is 0.394 e. The van der Waals surface area contributed by atoms with E-state index in [0.717, 1.165) is 0 Å². The molecule has 1 aromatic rings. The molecule has 4 nitrogen and oxygen atoms in total. The molecule has 4 heteroatoms. The summed E-state index contributed by atoms with van der Waals surface area (Å²) in [5, 5.41) is 16.3. The smallest absolute Gasteiger partial charge is 0.119 e. The normalized spacial score (nSPS) is 13.8. The lowest BCUT2D eigenvalue weighted by Crippen LogP contribution is -2.17. The van der Waals surface area contributed by atoms with Gasteiger partial charge in [0.15, 0.2) is 0 Å². The second-order valence-corrected chi connectivity index (χ2v) is 2.90. The van der Waals surface area contributed by atoms with Gasteiger partial charge in [-0.25, -0.2) is 0 Å². The fourth-order valence-corrected chi connectivity index (χ4v) is 1.03. The molecule has 0 unspecified atom stereocenters. The summed E-state index contributed by atoms with van der Waals surface area (Å²) in [5.41, 5.74) is 0. The maximum absolute atomic E-state index is 8.99. The van der Waals surface area contributed by atoms with Gasteiger partial charge in [0, 0.05) is 0 Å². The molecule has 0 aliphatic rings. The van der Waals surface area contributed by atoms with Crippen LogP contribution in [0, 0.1) is 5.92 Å². The summed E-state index contributed by atoms with van der Waals surface area (Å²) in [6.45, 7) is 4.25. The predicted molar refractivity (Wildman–Crippen MR) is 41.0 cm³/mol. The van der Waals surface area contributed by atoms with Crippen molar-refractivity contribution in [2.45, 2.75) is 19.9 Å². The van der Waals surface area contributed by atoms with E-state index in [1.54, 1.807) is 12.7 Å². The molecule has 1 aromatic heterocycles. The molecular formula is C7H13N3O. The average molecular weight is 155 g/mol. The molecule has 0 fully saturated rings. The molecule has 0 saturated carbocycles. The lowest BCUT2D eigenvalue weighted by Gasteiger charge is -2.18. The van der Waals surface area contributed by atoms with Crippen molar-refractivity contribution in [3.8, 4) is 0 Å². The Kier molecular flexibility index (Phi) is 2.59. The van der Waals surface area contributed by atoms with Crippen LogP contribution in [0.2, 0.25) is 0 Å². The minimum atomic E-state index is 0.102. The Bertz CT molecular complexity index is 195. The first kappa shape index (κ1) is 8.20. The summed E-state index contributed by atoms with van der Waals surface area (Å²) in [6, 6.07) is 0.102. The van der Waals surface area contributed by atoms with Gasteiger partial charge in [0.25, 0.3) is 0 Å². The van der Waals surface area contributed by atoms with Gasteiger partial charge in [0.1, 0.15) is 12.7 Å². The van der Waals surface area contributed by atoms with Crippen molar-refractivity contribution in [3.05, 3.63) is 12.7 Å². The van der Waals surface area contributed by atoms with Crippen molar-refractivity contribution < 1.29 is 5.11 Å². The van der Waals surface area contributed by atoms with E-state index < -0.39 is 0 Å². The molecule has 0 aliphatic heterocycles. The van der Waals surface area contributed by atoms with Crippen LogP contribution in [0.25, 0.3) is 0 Å². The van der Waals surface area contributed by atoms with Gasteiger partial charge >= 0.3 is 0 Å². The second-order valence-electron chi connectivity index (χ2n) is 2.90. The van der Waals surface area contributed by atoms with E-state index in [-0.39, 0.29) is 12.6 Å². The zero-order chi connectivity index (χ0) is 8.27. The van der Waals surface area contributed by atoms with Crippen LogP contribution >= 0.6 is 0 Å². The van der Waals surface area contributed by atoms with E-state index in [0.29, 0.717) is 5.92 Å². The van der Waals surface area contributed by atoms with Crippen LogP contribution in [-0.2, 0) is 0 Å². The van der Waals surface area contributed by atoms with Crippen molar-refractivity contribution in [1.29, 1.82) is 0 Å². The van der Waals surface area contributed by atoms with E-state index in [1.165, 1.54) is 0 Å². The Morgan fingerprint density at radius 1 is 1.36 bits per heavy atom. The molecule has 0 aromatic carbocycles. The van der Waals surface area contributed by atoms with E-state index in [2.05, 4.69) is 24.0 Å². The molecule has 0 saturated heterocycles. The summed E-state index contributed by atoms with van der Waals surface area (Å²) in [6.07, 6.45) is 3.25. The minimum Gasteiger partial charge on any atom is -0.394 e. The van der Waals surface area contributed by atoms with Gasteiger partial charge in [-0.2, -0.15) is 0 Å². The molecule has 1 heterocycles. The quantitative estimate of drug-likeness (QED) is 0.690. The summed E-state index contributed by atoms with van der Waals surface area (Å²) in [7, 11) is 0. The second kappa shape index (κ2) is 3.48. The van der Waals surface area contributed by atoms with Crippen molar-refractivity contribution >= 4 is 0 Å². The number of aliphatic hydroxyl groups is 1. The number of aliphatic hydroxyl groups excluding tert-OH is 1. The van der Waals surface area contributed by atoms with Crippen molar-refractivity contribution in [2.24, 2.45) is 5.92 Å². The standard InChI is InChI=1S/C7H13N3O/c1-6(2)7(3-11)10-4-8-9-5-10/h4-7,11H,3H2,1-2H3/t7-/m0/s1. The monoisotopic (exact) mass is 155 g/mol. The molecule has 11 heavy (non-hydrogen) atoms. The highest BCUT2D eigenvalue weighted by atomic mass is 16.3. The number of nitrogens with zero attached hydrogens (tertiary/aromatic N) is 3. The first-order valence-corrected chi connectivity index (χ1v) is 3.70. The van der Waals surface area contributed by atoms with Gasteiger partial charge < -0.3 is 9.67 Å². The molecule has 0 radical (unpaired) electrons. The van der Waals surface area contributed by atoms with Crippen LogP contribution in [0.5, 0.6) is 0 Å². The Morgan fingerprint density at radius 2 is 1.91 bits per heavy atom. The van der Waals surface area contributed by atoms with Crippen molar-refractivity contribution in [1.82, 2.24) is 14.8 Å². The summed E-state index contributed by atoms with van der Waals surface area (Å²) < 4.78 is 1.82. The van der Waals surface area contributed by atoms with Crippen LogP contribution in [-0.4, -0.2) is 26.5 Å².